The maximum absolute atomic E-state index is 13.9. The fourth-order valence-corrected chi connectivity index (χ4v) is 4.06. The standard InChI is InChI=1S/C23H26F3N5O2/c1-4-30-14-17(12-27-30)10-18-6-5-7-31(22(18)32)20-11-19(23(24,25)26)16(3)21(28-20)29-8-9-33-15(2)13-29/h5-7,11-12,14-15H,4,8-10,13H2,1-3H3/t15-/m1/s1. The van der Waals surface area contributed by atoms with Gasteiger partial charge in [0.25, 0.3) is 5.56 Å². The largest absolute Gasteiger partial charge is 0.416 e. The maximum Gasteiger partial charge on any atom is 0.416 e. The van der Waals surface area contributed by atoms with E-state index >= 15 is 0 Å². The molecular formula is C23H26F3N5O2. The van der Waals surface area contributed by atoms with Gasteiger partial charge in [-0.1, -0.05) is 6.07 Å². The molecular weight excluding hydrogens is 435 g/mol. The van der Waals surface area contributed by atoms with Crippen molar-refractivity contribution in [1.82, 2.24) is 19.3 Å². The van der Waals surface area contributed by atoms with Crippen molar-refractivity contribution < 1.29 is 17.9 Å². The van der Waals surface area contributed by atoms with Gasteiger partial charge in [0, 0.05) is 49.6 Å². The molecule has 4 heterocycles. The van der Waals surface area contributed by atoms with Crippen LogP contribution in [0.3, 0.4) is 0 Å². The van der Waals surface area contributed by atoms with E-state index in [0.29, 0.717) is 38.2 Å². The molecule has 33 heavy (non-hydrogen) atoms. The van der Waals surface area contributed by atoms with Crippen LogP contribution in [0.4, 0.5) is 19.0 Å². The van der Waals surface area contributed by atoms with E-state index < -0.39 is 17.3 Å². The third-order valence-corrected chi connectivity index (χ3v) is 5.76. The summed E-state index contributed by atoms with van der Waals surface area (Å²) < 4.78 is 50.2. The number of nitrogens with zero attached hydrogens (tertiary/aromatic N) is 5. The lowest BCUT2D eigenvalue weighted by Gasteiger charge is -2.33. The predicted molar refractivity (Wildman–Crippen MR) is 118 cm³/mol. The summed E-state index contributed by atoms with van der Waals surface area (Å²) in [5.74, 6) is 0.162. The number of hydrogen-bond acceptors (Lipinski definition) is 5. The second kappa shape index (κ2) is 9.01. The number of anilines is 1. The number of ether oxygens (including phenoxy) is 1. The quantitative estimate of drug-likeness (QED) is 0.581. The number of aromatic nitrogens is 4. The number of alkyl halides is 3. The molecule has 3 aromatic heterocycles. The lowest BCUT2D eigenvalue weighted by atomic mass is 10.1. The van der Waals surface area contributed by atoms with Crippen molar-refractivity contribution in [3.8, 4) is 5.82 Å². The smallest absolute Gasteiger partial charge is 0.375 e. The van der Waals surface area contributed by atoms with Gasteiger partial charge in [0.1, 0.15) is 11.6 Å². The van der Waals surface area contributed by atoms with Crippen molar-refractivity contribution in [1.29, 1.82) is 0 Å². The molecule has 0 saturated carbocycles. The second-order valence-corrected chi connectivity index (χ2v) is 8.19. The number of morpholine rings is 1. The molecule has 0 unspecified atom stereocenters. The SMILES string of the molecule is CCn1cc(Cc2cccn(-c3cc(C(F)(F)F)c(C)c(N4CCO[C@H](C)C4)n3)c2=O)cn1. The summed E-state index contributed by atoms with van der Waals surface area (Å²) in [6, 6.07) is 4.26. The summed E-state index contributed by atoms with van der Waals surface area (Å²) in [6.07, 6.45) is 0.596. The van der Waals surface area contributed by atoms with Crippen molar-refractivity contribution in [2.24, 2.45) is 0 Å². The average Bonchev–Trinajstić information content (AvgIpc) is 3.22. The van der Waals surface area contributed by atoms with Crippen molar-refractivity contribution >= 4 is 5.82 Å². The molecule has 10 heteroatoms. The predicted octanol–water partition coefficient (Wildman–Crippen LogP) is 3.59. The van der Waals surface area contributed by atoms with Gasteiger partial charge in [-0.3, -0.25) is 14.0 Å². The highest BCUT2D eigenvalue weighted by molar-refractivity contribution is 5.55. The molecule has 0 bridgehead atoms. The summed E-state index contributed by atoms with van der Waals surface area (Å²) in [7, 11) is 0. The lowest BCUT2D eigenvalue weighted by Crippen LogP contribution is -2.42. The van der Waals surface area contributed by atoms with Gasteiger partial charge in [-0.2, -0.15) is 18.3 Å². The number of halogens is 3. The van der Waals surface area contributed by atoms with Gasteiger partial charge in [0.15, 0.2) is 0 Å². The van der Waals surface area contributed by atoms with E-state index in [0.717, 1.165) is 11.6 Å². The Kier molecular flexibility index (Phi) is 6.29. The molecule has 1 aliphatic rings. The van der Waals surface area contributed by atoms with Crippen LogP contribution in [0, 0.1) is 6.92 Å². The number of rotatable bonds is 5. The van der Waals surface area contributed by atoms with Crippen molar-refractivity contribution in [2.75, 3.05) is 24.6 Å². The summed E-state index contributed by atoms with van der Waals surface area (Å²) in [4.78, 5) is 19.5. The Bertz CT molecular complexity index is 1200. The fourth-order valence-electron chi connectivity index (χ4n) is 4.06. The molecule has 0 spiro atoms. The maximum atomic E-state index is 13.9. The van der Waals surface area contributed by atoms with Gasteiger partial charge in [0.2, 0.25) is 0 Å². The van der Waals surface area contributed by atoms with Crippen LogP contribution in [-0.4, -0.2) is 45.1 Å². The molecule has 1 saturated heterocycles. The third kappa shape index (κ3) is 4.80. The first kappa shape index (κ1) is 23.0. The zero-order valence-electron chi connectivity index (χ0n) is 18.8. The molecule has 1 aliphatic heterocycles. The van der Waals surface area contributed by atoms with Crippen LogP contribution in [0.5, 0.6) is 0 Å². The lowest BCUT2D eigenvalue weighted by molar-refractivity contribution is -0.138. The fraction of sp³-hybridized carbons (Fsp3) is 0.435. The minimum Gasteiger partial charge on any atom is -0.375 e. The highest BCUT2D eigenvalue weighted by atomic mass is 19.4. The molecule has 1 atom stereocenters. The molecule has 176 valence electrons. The summed E-state index contributed by atoms with van der Waals surface area (Å²) >= 11 is 0. The van der Waals surface area contributed by atoms with E-state index in [1.807, 2.05) is 20.0 Å². The minimum absolute atomic E-state index is 0.0385. The van der Waals surface area contributed by atoms with E-state index in [-0.39, 0.29) is 23.3 Å². The molecule has 1 fully saturated rings. The average molecular weight is 461 g/mol. The Morgan fingerprint density at radius 2 is 2.09 bits per heavy atom. The van der Waals surface area contributed by atoms with E-state index in [2.05, 4.69) is 10.1 Å². The van der Waals surface area contributed by atoms with E-state index in [4.69, 9.17) is 4.74 Å². The van der Waals surface area contributed by atoms with Gasteiger partial charge < -0.3 is 9.64 Å². The second-order valence-electron chi connectivity index (χ2n) is 8.19. The Morgan fingerprint density at radius 3 is 2.76 bits per heavy atom. The first-order chi connectivity index (χ1) is 15.7. The Hall–Kier alpha value is -3.14. The van der Waals surface area contributed by atoms with Gasteiger partial charge in [-0.15, -0.1) is 0 Å². The van der Waals surface area contributed by atoms with Crippen molar-refractivity contribution in [3.05, 3.63) is 69.4 Å². The molecule has 0 N–H and O–H groups in total. The van der Waals surface area contributed by atoms with Gasteiger partial charge in [0.05, 0.1) is 24.5 Å². The summed E-state index contributed by atoms with van der Waals surface area (Å²) in [5.41, 5.74) is 0.125. The highest BCUT2D eigenvalue weighted by Crippen LogP contribution is 2.36. The first-order valence-corrected chi connectivity index (χ1v) is 10.8. The Balaban J connectivity index is 1.79. The minimum atomic E-state index is -4.58. The van der Waals surface area contributed by atoms with Crippen molar-refractivity contribution in [3.63, 3.8) is 0 Å². The number of aryl methyl sites for hydroxylation is 1. The van der Waals surface area contributed by atoms with Crippen LogP contribution in [0.1, 0.15) is 36.1 Å². The van der Waals surface area contributed by atoms with Crippen LogP contribution >= 0.6 is 0 Å². The molecule has 0 amide bonds. The Labute approximate surface area is 189 Å². The molecule has 0 radical (unpaired) electrons. The Morgan fingerprint density at radius 1 is 1.30 bits per heavy atom. The van der Waals surface area contributed by atoms with Gasteiger partial charge >= 0.3 is 6.18 Å². The zero-order valence-corrected chi connectivity index (χ0v) is 18.8. The van der Waals surface area contributed by atoms with Crippen molar-refractivity contribution in [2.45, 2.75) is 46.0 Å². The monoisotopic (exact) mass is 461 g/mol. The van der Waals surface area contributed by atoms with E-state index in [9.17, 15) is 18.0 Å². The molecule has 7 nitrogen and oxygen atoms in total. The van der Waals surface area contributed by atoms with Crippen LogP contribution in [0.2, 0.25) is 0 Å². The third-order valence-electron chi connectivity index (χ3n) is 5.76. The number of hydrogen-bond donors (Lipinski definition) is 0. The van der Waals surface area contributed by atoms with Gasteiger partial charge in [-0.05, 0) is 38.5 Å². The zero-order chi connectivity index (χ0) is 23.8. The summed E-state index contributed by atoms with van der Waals surface area (Å²) in [6.45, 7) is 7.19. The molecule has 0 aromatic carbocycles. The highest BCUT2D eigenvalue weighted by Gasteiger charge is 2.36. The molecule has 3 aromatic rings. The first-order valence-electron chi connectivity index (χ1n) is 10.8. The molecule has 0 aliphatic carbocycles. The number of pyridine rings is 2. The van der Waals surface area contributed by atoms with Crippen LogP contribution < -0.4 is 10.5 Å². The van der Waals surface area contributed by atoms with Crippen LogP contribution in [-0.2, 0) is 23.9 Å². The summed E-state index contributed by atoms with van der Waals surface area (Å²) in [5, 5.41) is 4.21. The van der Waals surface area contributed by atoms with Crippen LogP contribution in [0.25, 0.3) is 5.82 Å². The molecule has 4 rings (SSSR count). The van der Waals surface area contributed by atoms with E-state index in [1.165, 1.54) is 17.7 Å². The van der Waals surface area contributed by atoms with E-state index in [1.54, 1.807) is 27.9 Å². The van der Waals surface area contributed by atoms with Crippen LogP contribution in [0.15, 0.2) is 41.6 Å². The normalized spacial score (nSPS) is 16.9. The topological polar surface area (TPSA) is 65.2 Å². The van der Waals surface area contributed by atoms with Gasteiger partial charge in [-0.25, -0.2) is 4.98 Å².